The average Bonchev–Trinajstić information content (AvgIpc) is 3.23. The maximum Gasteiger partial charge on any atom is 0.191 e. The van der Waals surface area contributed by atoms with Crippen molar-refractivity contribution >= 4 is 29.9 Å². The number of hydrogen-bond donors (Lipinski definition) is 2. The first-order valence-electron chi connectivity index (χ1n) is 11.4. The van der Waals surface area contributed by atoms with E-state index in [0.29, 0.717) is 18.7 Å². The van der Waals surface area contributed by atoms with Crippen molar-refractivity contribution in [3.63, 3.8) is 0 Å². The van der Waals surface area contributed by atoms with Crippen molar-refractivity contribution < 1.29 is 4.74 Å². The molecule has 2 aliphatic carbocycles. The van der Waals surface area contributed by atoms with E-state index in [9.17, 15) is 0 Å². The van der Waals surface area contributed by atoms with Crippen LogP contribution in [0.5, 0.6) is 0 Å². The van der Waals surface area contributed by atoms with Crippen LogP contribution >= 0.6 is 24.0 Å². The molecule has 1 aromatic carbocycles. The van der Waals surface area contributed by atoms with Crippen molar-refractivity contribution in [1.82, 2.24) is 20.2 Å². The van der Waals surface area contributed by atoms with E-state index in [1.54, 1.807) is 0 Å². The monoisotopic (exact) mass is 537 g/mol. The number of rotatable bonds is 7. The Morgan fingerprint density at radius 3 is 2.71 bits per heavy atom. The molecule has 2 atom stereocenters. The lowest BCUT2D eigenvalue weighted by Crippen LogP contribution is -2.66. The summed E-state index contributed by atoms with van der Waals surface area (Å²) >= 11 is 0. The van der Waals surface area contributed by atoms with Crippen LogP contribution in [-0.4, -0.2) is 41.3 Å². The first-order chi connectivity index (χ1) is 14.7. The van der Waals surface area contributed by atoms with Gasteiger partial charge in [0.1, 0.15) is 5.82 Å². The number of nitrogens with zero attached hydrogens (tertiary/aromatic N) is 3. The average molecular weight is 537 g/mol. The van der Waals surface area contributed by atoms with Gasteiger partial charge in [0.25, 0.3) is 0 Å². The van der Waals surface area contributed by atoms with E-state index < -0.39 is 0 Å². The van der Waals surface area contributed by atoms with E-state index >= 15 is 0 Å². The topological polar surface area (TPSA) is 63.5 Å². The summed E-state index contributed by atoms with van der Waals surface area (Å²) < 4.78 is 8.28. The molecule has 2 aromatic rings. The van der Waals surface area contributed by atoms with Crippen LogP contribution < -0.4 is 10.6 Å². The van der Waals surface area contributed by atoms with E-state index in [-0.39, 0.29) is 29.4 Å². The summed E-state index contributed by atoms with van der Waals surface area (Å²) in [6, 6.07) is 10.9. The summed E-state index contributed by atoms with van der Waals surface area (Å²) in [4.78, 5) is 9.04. The minimum absolute atomic E-state index is 0. The summed E-state index contributed by atoms with van der Waals surface area (Å²) in [7, 11) is 1.85. The minimum Gasteiger partial charge on any atom is -0.378 e. The van der Waals surface area contributed by atoms with Crippen molar-refractivity contribution in [1.29, 1.82) is 0 Å². The van der Waals surface area contributed by atoms with Gasteiger partial charge >= 0.3 is 0 Å². The second-order valence-corrected chi connectivity index (χ2v) is 8.55. The summed E-state index contributed by atoms with van der Waals surface area (Å²) in [6.45, 7) is 4.38. The number of guanidine groups is 1. The Labute approximate surface area is 203 Å². The highest BCUT2D eigenvalue weighted by molar-refractivity contribution is 14.0. The number of aliphatic imine (C=N–C) groups is 1. The highest BCUT2D eigenvalue weighted by atomic mass is 127. The smallest absolute Gasteiger partial charge is 0.191 e. The van der Waals surface area contributed by atoms with Gasteiger partial charge in [0.05, 0.1) is 12.6 Å². The molecule has 2 saturated carbocycles. The summed E-state index contributed by atoms with van der Waals surface area (Å²) in [5.74, 6) is 1.86. The van der Waals surface area contributed by atoms with Gasteiger partial charge in [-0.15, -0.1) is 24.0 Å². The standard InChI is InChI=1S/C24H35N5O.HI/c1-3-30-21-16-20(24(21)12-8-5-9-13-24)28-23(25-2)27-17-22-26-14-15-29(22)18-19-10-6-4-7-11-19;/h4,6-7,10-11,14-15,20-21H,3,5,8-9,12-13,16-18H2,1-2H3,(H2,25,27,28);1H. The van der Waals surface area contributed by atoms with Crippen molar-refractivity contribution in [3.8, 4) is 0 Å². The molecule has 170 valence electrons. The van der Waals surface area contributed by atoms with Crippen LogP contribution in [0.25, 0.3) is 0 Å². The van der Waals surface area contributed by atoms with Crippen molar-refractivity contribution in [2.45, 2.75) is 70.7 Å². The van der Waals surface area contributed by atoms with Gasteiger partial charge in [0, 0.05) is 44.0 Å². The Balaban J connectivity index is 0.00000272. The Kier molecular flexibility index (Phi) is 8.77. The third-order valence-electron chi connectivity index (χ3n) is 6.88. The Hall–Kier alpha value is -1.61. The third kappa shape index (κ3) is 5.42. The van der Waals surface area contributed by atoms with Gasteiger partial charge in [-0.25, -0.2) is 4.98 Å². The molecular weight excluding hydrogens is 501 g/mol. The zero-order valence-electron chi connectivity index (χ0n) is 18.7. The highest BCUT2D eigenvalue weighted by Crippen LogP contribution is 2.53. The number of ether oxygens (including phenoxy) is 1. The fraction of sp³-hybridized carbons (Fsp3) is 0.583. The molecule has 0 amide bonds. The van der Waals surface area contributed by atoms with Gasteiger partial charge in [0.2, 0.25) is 0 Å². The molecule has 0 aliphatic heterocycles. The number of halogens is 1. The van der Waals surface area contributed by atoms with Crippen molar-refractivity contribution in [2.24, 2.45) is 10.4 Å². The zero-order valence-corrected chi connectivity index (χ0v) is 21.0. The van der Waals surface area contributed by atoms with E-state index in [1.807, 2.05) is 25.5 Å². The quantitative estimate of drug-likeness (QED) is 0.314. The maximum absolute atomic E-state index is 6.09. The minimum atomic E-state index is 0. The number of hydrogen-bond acceptors (Lipinski definition) is 3. The molecule has 6 nitrogen and oxygen atoms in total. The molecule has 1 heterocycles. The molecule has 4 rings (SSSR count). The van der Waals surface area contributed by atoms with Crippen molar-refractivity contribution in [2.75, 3.05) is 13.7 Å². The molecule has 1 aromatic heterocycles. The highest BCUT2D eigenvalue weighted by Gasteiger charge is 2.55. The molecule has 7 heteroatoms. The van der Waals surface area contributed by atoms with Gasteiger partial charge in [-0.1, -0.05) is 49.6 Å². The van der Waals surface area contributed by atoms with Crippen LogP contribution in [-0.2, 0) is 17.8 Å². The Morgan fingerprint density at radius 2 is 2.00 bits per heavy atom. The Bertz CT molecular complexity index is 832. The second-order valence-electron chi connectivity index (χ2n) is 8.55. The molecule has 2 unspecified atom stereocenters. The lowest BCUT2D eigenvalue weighted by molar-refractivity contribution is -0.145. The van der Waals surface area contributed by atoms with Gasteiger partial charge in [0.15, 0.2) is 5.96 Å². The molecule has 2 N–H and O–H groups in total. The van der Waals surface area contributed by atoms with E-state index in [0.717, 1.165) is 31.4 Å². The lowest BCUT2D eigenvalue weighted by atomic mass is 9.55. The molecular formula is C24H36IN5O. The largest absolute Gasteiger partial charge is 0.378 e. The number of imidazole rings is 1. The molecule has 0 saturated heterocycles. The van der Waals surface area contributed by atoms with Gasteiger partial charge < -0.3 is 19.9 Å². The van der Waals surface area contributed by atoms with Crippen LogP contribution in [0.1, 0.15) is 56.8 Å². The van der Waals surface area contributed by atoms with Crippen LogP contribution in [0.3, 0.4) is 0 Å². The van der Waals surface area contributed by atoms with E-state index in [1.165, 1.54) is 37.7 Å². The first-order valence-corrected chi connectivity index (χ1v) is 11.4. The van der Waals surface area contributed by atoms with E-state index in [2.05, 4.69) is 56.4 Å². The van der Waals surface area contributed by atoms with Crippen LogP contribution in [0, 0.1) is 5.41 Å². The van der Waals surface area contributed by atoms with Gasteiger partial charge in [-0.2, -0.15) is 0 Å². The number of nitrogens with one attached hydrogen (secondary N) is 2. The van der Waals surface area contributed by atoms with Gasteiger partial charge in [-0.05, 0) is 31.7 Å². The maximum atomic E-state index is 6.09. The molecule has 31 heavy (non-hydrogen) atoms. The summed E-state index contributed by atoms with van der Waals surface area (Å²) in [5, 5.41) is 7.19. The molecule has 0 radical (unpaired) electrons. The fourth-order valence-electron chi connectivity index (χ4n) is 5.22. The predicted octanol–water partition coefficient (Wildman–Crippen LogP) is 4.34. The number of aromatic nitrogens is 2. The molecule has 1 spiro atoms. The van der Waals surface area contributed by atoms with Crippen molar-refractivity contribution in [3.05, 3.63) is 54.1 Å². The molecule has 0 bridgehead atoms. The van der Waals surface area contributed by atoms with E-state index in [4.69, 9.17) is 4.74 Å². The van der Waals surface area contributed by atoms with Crippen LogP contribution in [0.4, 0.5) is 0 Å². The molecule has 2 fully saturated rings. The first kappa shape index (κ1) is 24.0. The van der Waals surface area contributed by atoms with Crippen LogP contribution in [0.2, 0.25) is 0 Å². The lowest BCUT2D eigenvalue weighted by Gasteiger charge is -2.57. The van der Waals surface area contributed by atoms with Crippen LogP contribution in [0.15, 0.2) is 47.7 Å². The van der Waals surface area contributed by atoms with Gasteiger partial charge in [-0.3, -0.25) is 4.99 Å². The third-order valence-corrected chi connectivity index (χ3v) is 6.88. The number of benzene rings is 1. The predicted molar refractivity (Wildman–Crippen MR) is 136 cm³/mol. The SMILES string of the molecule is CCOC1CC(NC(=NC)NCc2nccn2Cc2ccccc2)C12CCCCC2.I. The normalized spacial score (nSPS) is 22.5. The Morgan fingerprint density at radius 1 is 1.23 bits per heavy atom. The summed E-state index contributed by atoms with van der Waals surface area (Å²) in [5.41, 5.74) is 1.55. The summed E-state index contributed by atoms with van der Waals surface area (Å²) in [6.07, 6.45) is 11.9. The molecule has 2 aliphatic rings. The zero-order chi connectivity index (χ0) is 20.8. The second kappa shape index (κ2) is 11.3. The fourth-order valence-corrected chi connectivity index (χ4v) is 5.22.